The Bertz CT molecular complexity index is 231. The molecule has 0 radical (unpaired) electrons. The van der Waals surface area contributed by atoms with Crippen LogP contribution in [0.2, 0.25) is 0 Å². The van der Waals surface area contributed by atoms with Crippen LogP contribution in [-0.2, 0) is 4.79 Å². The molecule has 1 amide bonds. The fourth-order valence-corrected chi connectivity index (χ4v) is 1.99. The fourth-order valence-electron chi connectivity index (χ4n) is 1.26. The van der Waals surface area contributed by atoms with Gasteiger partial charge in [0.1, 0.15) is 0 Å². The second-order valence-corrected chi connectivity index (χ2v) is 6.54. The molecule has 0 aliphatic heterocycles. The van der Waals surface area contributed by atoms with Crippen molar-refractivity contribution < 1.29 is 4.79 Å². The molecule has 1 rings (SSSR count). The highest BCUT2D eigenvalue weighted by molar-refractivity contribution is 8.00. The van der Waals surface area contributed by atoms with E-state index in [-0.39, 0.29) is 11.4 Å². The van der Waals surface area contributed by atoms with Crippen LogP contribution >= 0.6 is 11.8 Å². The number of hydrogen-bond acceptors (Lipinski definition) is 3. The van der Waals surface area contributed by atoms with Gasteiger partial charge in [-0.1, -0.05) is 0 Å². The largest absolute Gasteiger partial charge is 0.354 e. The summed E-state index contributed by atoms with van der Waals surface area (Å²) in [4.78, 5) is 11.5. The molecule has 15 heavy (non-hydrogen) atoms. The highest BCUT2D eigenvalue weighted by atomic mass is 32.2. The number of carbonyl (C=O) groups is 1. The summed E-state index contributed by atoms with van der Waals surface area (Å²) in [7, 11) is 0. The van der Waals surface area contributed by atoms with Crippen molar-refractivity contribution in [1.82, 2.24) is 10.6 Å². The molecule has 0 aromatic carbocycles. The third-order valence-corrected chi connectivity index (χ3v) is 4.05. The molecule has 0 saturated heterocycles. The molecular formula is C11H22N2OS. The van der Waals surface area contributed by atoms with Gasteiger partial charge in [0.2, 0.25) is 5.91 Å². The van der Waals surface area contributed by atoms with Crippen molar-refractivity contribution in [2.24, 2.45) is 0 Å². The van der Waals surface area contributed by atoms with Crippen molar-refractivity contribution in [2.75, 3.05) is 19.3 Å². The predicted octanol–water partition coefficient (Wildman–Crippen LogP) is 1.39. The standard InChI is InChI=1S/C11H22N2OS/c1-10(2,3)13-7-9(14)12-8-11(15-4)5-6-11/h13H,5-8H2,1-4H3,(H,12,14). The summed E-state index contributed by atoms with van der Waals surface area (Å²) in [5.41, 5.74) is 0.00805. The fraction of sp³-hybridized carbons (Fsp3) is 0.909. The van der Waals surface area contributed by atoms with E-state index in [0.29, 0.717) is 11.3 Å². The van der Waals surface area contributed by atoms with Crippen molar-refractivity contribution in [2.45, 2.75) is 43.9 Å². The van der Waals surface area contributed by atoms with E-state index in [1.807, 2.05) is 11.8 Å². The Morgan fingerprint density at radius 1 is 1.40 bits per heavy atom. The van der Waals surface area contributed by atoms with E-state index in [0.717, 1.165) is 6.54 Å². The summed E-state index contributed by atoms with van der Waals surface area (Å²) in [5, 5.41) is 6.16. The molecule has 0 aromatic rings. The summed E-state index contributed by atoms with van der Waals surface area (Å²) in [6.07, 6.45) is 4.59. The maximum atomic E-state index is 11.5. The smallest absolute Gasteiger partial charge is 0.234 e. The Hall–Kier alpha value is -0.220. The average Bonchev–Trinajstić information content (AvgIpc) is 2.91. The lowest BCUT2D eigenvalue weighted by Gasteiger charge is -2.20. The summed E-state index contributed by atoms with van der Waals surface area (Å²) < 4.78 is 0.359. The van der Waals surface area contributed by atoms with Crippen molar-refractivity contribution in [3.8, 4) is 0 Å². The van der Waals surface area contributed by atoms with Crippen LogP contribution < -0.4 is 10.6 Å². The second-order valence-electron chi connectivity index (χ2n) is 5.27. The van der Waals surface area contributed by atoms with Gasteiger partial charge in [-0.2, -0.15) is 11.8 Å². The van der Waals surface area contributed by atoms with Gasteiger partial charge >= 0.3 is 0 Å². The molecule has 0 bridgehead atoms. The maximum Gasteiger partial charge on any atom is 0.234 e. The van der Waals surface area contributed by atoms with E-state index in [4.69, 9.17) is 0 Å². The number of nitrogens with one attached hydrogen (secondary N) is 2. The number of carbonyl (C=O) groups excluding carboxylic acids is 1. The van der Waals surface area contributed by atoms with Crippen molar-refractivity contribution in [3.05, 3.63) is 0 Å². The SMILES string of the molecule is CSC1(CNC(=O)CNC(C)(C)C)CC1. The minimum absolute atomic E-state index is 0.00805. The lowest BCUT2D eigenvalue weighted by Crippen LogP contribution is -2.44. The summed E-state index contributed by atoms with van der Waals surface area (Å²) in [6.45, 7) is 7.41. The Kier molecular flexibility index (Phi) is 4.06. The van der Waals surface area contributed by atoms with Crippen LogP contribution in [0, 0.1) is 0 Å². The topological polar surface area (TPSA) is 41.1 Å². The minimum Gasteiger partial charge on any atom is -0.354 e. The van der Waals surface area contributed by atoms with Crippen LogP contribution in [0.1, 0.15) is 33.6 Å². The van der Waals surface area contributed by atoms with Crippen LogP contribution in [0.15, 0.2) is 0 Å². The lowest BCUT2D eigenvalue weighted by molar-refractivity contribution is -0.120. The van der Waals surface area contributed by atoms with Gasteiger partial charge in [-0.25, -0.2) is 0 Å². The number of thioether (sulfide) groups is 1. The van der Waals surface area contributed by atoms with Gasteiger partial charge in [-0.3, -0.25) is 4.79 Å². The van der Waals surface area contributed by atoms with Crippen molar-refractivity contribution >= 4 is 17.7 Å². The van der Waals surface area contributed by atoms with Crippen molar-refractivity contribution in [3.63, 3.8) is 0 Å². The first-order valence-electron chi connectivity index (χ1n) is 5.44. The van der Waals surface area contributed by atoms with Gasteiger partial charge in [0, 0.05) is 16.8 Å². The van der Waals surface area contributed by atoms with Gasteiger partial charge in [-0.05, 0) is 39.9 Å². The molecule has 88 valence electrons. The third-order valence-electron chi connectivity index (χ3n) is 2.63. The van der Waals surface area contributed by atoms with E-state index >= 15 is 0 Å². The number of rotatable bonds is 5. The monoisotopic (exact) mass is 230 g/mol. The maximum absolute atomic E-state index is 11.5. The normalized spacial score (nSPS) is 18.7. The first-order chi connectivity index (χ1) is 6.87. The molecule has 0 heterocycles. The highest BCUT2D eigenvalue weighted by Gasteiger charge is 2.41. The van der Waals surface area contributed by atoms with Gasteiger partial charge in [0.25, 0.3) is 0 Å². The summed E-state index contributed by atoms with van der Waals surface area (Å²) in [5.74, 6) is 0.102. The van der Waals surface area contributed by atoms with Gasteiger partial charge < -0.3 is 10.6 Å². The van der Waals surface area contributed by atoms with Gasteiger partial charge in [-0.15, -0.1) is 0 Å². The second kappa shape index (κ2) is 4.74. The Labute approximate surface area is 96.8 Å². The molecule has 2 N–H and O–H groups in total. The van der Waals surface area contributed by atoms with Crippen LogP contribution in [-0.4, -0.2) is 35.5 Å². The predicted molar refractivity (Wildman–Crippen MR) is 66.2 cm³/mol. The van der Waals surface area contributed by atoms with Crippen molar-refractivity contribution in [1.29, 1.82) is 0 Å². The zero-order valence-electron chi connectivity index (χ0n) is 10.1. The lowest BCUT2D eigenvalue weighted by atomic mass is 10.1. The van der Waals surface area contributed by atoms with E-state index in [1.54, 1.807) is 0 Å². The van der Waals surface area contributed by atoms with E-state index < -0.39 is 0 Å². The van der Waals surface area contributed by atoms with E-state index in [1.165, 1.54) is 12.8 Å². The Balaban J connectivity index is 2.14. The molecule has 0 atom stereocenters. The van der Waals surface area contributed by atoms with E-state index in [9.17, 15) is 4.79 Å². The molecule has 1 aliphatic rings. The summed E-state index contributed by atoms with van der Waals surface area (Å²) >= 11 is 1.87. The zero-order chi connectivity index (χ0) is 11.5. The zero-order valence-corrected chi connectivity index (χ0v) is 11.0. The Morgan fingerprint density at radius 2 is 2.00 bits per heavy atom. The highest BCUT2D eigenvalue weighted by Crippen LogP contribution is 2.46. The molecule has 0 aromatic heterocycles. The Morgan fingerprint density at radius 3 is 2.40 bits per heavy atom. The van der Waals surface area contributed by atoms with Crippen LogP contribution in [0.5, 0.6) is 0 Å². The third kappa shape index (κ3) is 4.89. The molecular weight excluding hydrogens is 208 g/mol. The van der Waals surface area contributed by atoms with Gasteiger partial charge in [0.05, 0.1) is 6.54 Å². The van der Waals surface area contributed by atoms with E-state index in [2.05, 4.69) is 37.7 Å². The quantitative estimate of drug-likeness (QED) is 0.750. The number of amides is 1. The van der Waals surface area contributed by atoms with Crippen LogP contribution in [0.3, 0.4) is 0 Å². The number of hydrogen-bond donors (Lipinski definition) is 2. The molecule has 1 saturated carbocycles. The molecule has 0 spiro atoms. The molecule has 4 heteroatoms. The average molecular weight is 230 g/mol. The minimum atomic E-state index is 0.00805. The molecule has 1 fully saturated rings. The first kappa shape index (κ1) is 12.8. The molecule has 3 nitrogen and oxygen atoms in total. The van der Waals surface area contributed by atoms with Crippen LogP contribution in [0.25, 0.3) is 0 Å². The first-order valence-corrected chi connectivity index (χ1v) is 6.66. The van der Waals surface area contributed by atoms with Crippen LogP contribution in [0.4, 0.5) is 0 Å². The molecule has 0 unspecified atom stereocenters. The molecule has 1 aliphatic carbocycles. The summed E-state index contributed by atoms with van der Waals surface area (Å²) in [6, 6.07) is 0. The van der Waals surface area contributed by atoms with Gasteiger partial charge in [0.15, 0.2) is 0 Å².